The number of carboxylic acid groups (broad SMARTS) is 1. The first-order valence-electron chi connectivity index (χ1n) is 14.1. The van der Waals surface area contributed by atoms with Crippen LogP contribution < -0.4 is 4.90 Å². The number of nitrogens with zero attached hydrogens (tertiary/aromatic N) is 6. The van der Waals surface area contributed by atoms with Gasteiger partial charge in [-0.2, -0.15) is 4.31 Å². The molecular weight excluding hydrogens is 576 g/mol. The Bertz CT molecular complexity index is 1810. The maximum absolute atomic E-state index is 14.1. The van der Waals surface area contributed by atoms with Gasteiger partial charge in [-0.3, -0.25) is 9.20 Å². The number of benzene rings is 1. The lowest BCUT2D eigenvalue weighted by Crippen LogP contribution is -2.45. The number of sulfonamides is 1. The van der Waals surface area contributed by atoms with E-state index in [4.69, 9.17) is 11.6 Å². The van der Waals surface area contributed by atoms with Gasteiger partial charge in [0.1, 0.15) is 16.5 Å². The van der Waals surface area contributed by atoms with Gasteiger partial charge in [0.15, 0.2) is 5.65 Å². The highest BCUT2D eigenvalue weighted by atomic mass is 35.5. The summed E-state index contributed by atoms with van der Waals surface area (Å²) in [6, 6.07) is 9.27. The van der Waals surface area contributed by atoms with Crippen molar-refractivity contribution in [3.05, 3.63) is 81.4 Å². The molecule has 2 atom stereocenters. The number of carboxylic acids is 1. The second-order valence-corrected chi connectivity index (χ2v) is 13.6. The smallest absolute Gasteiger partial charge is 0.304 e. The molecule has 3 aromatic heterocycles. The van der Waals surface area contributed by atoms with Crippen molar-refractivity contribution in [3.8, 4) is 0 Å². The minimum absolute atomic E-state index is 0.00712. The molecular formula is C30H33ClN6O4S. The van der Waals surface area contributed by atoms with E-state index in [0.717, 1.165) is 59.4 Å². The first-order chi connectivity index (χ1) is 20.0. The van der Waals surface area contributed by atoms with Crippen LogP contribution in [0.5, 0.6) is 0 Å². The molecule has 0 spiro atoms. The van der Waals surface area contributed by atoms with Crippen molar-refractivity contribution in [2.24, 2.45) is 0 Å². The standard InChI is InChI=1S/C30H33ClN6O4S/c1-18-7-8-21(26(14-28(38)39)25-9-11-36-20(3)33-34-29(36)19(25)2)12-22(18)16-35-17-24-6-4-5-10-37(24)30-27(42(35,40)41)13-23(31)15-32-30/h7-9,11-13,15,24,26H,4-6,10,14,16-17H2,1-3H3,(H,38,39)/t24?,26-/m0/s1. The zero-order chi connectivity index (χ0) is 29.8. The first kappa shape index (κ1) is 28.6. The summed E-state index contributed by atoms with van der Waals surface area (Å²) in [6.45, 7) is 6.98. The van der Waals surface area contributed by atoms with E-state index in [-0.39, 0.29) is 28.9 Å². The molecule has 0 amide bonds. The average molecular weight is 609 g/mol. The zero-order valence-corrected chi connectivity index (χ0v) is 25.4. The summed E-state index contributed by atoms with van der Waals surface area (Å²) in [5, 5.41) is 18.6. The number of hydrogen-bond acceptors (Lipinski definition) is 7. The van der Waals surface area contributed by atoms with Crippen LogP contribution in [0.2, 0.25) is 5.02 Å². The van der Waals surface area contributed by atoms with Gasteiger partial charge in [-0.05, 0) is 80.0 Å². The number of anilines is 1. The highest BCUT2D eigenvalue weighted by Crippen LogP contribution is 2.38. The van der Waals surface area contributed by atoms with Crippen molar-refractivity contribution in [3.63, 3.8) is 0 Å². The second-order valence-electron chi connectivity index (χ2n) is 11.3. The molecule has 0 radical (unpaired) electrons. The summed E-state index contributed by atoms with van der Waals surface area (Å²) in [6.07, 6.45) is 6.13. The normalized spacial score (nSPS) is 19.2. The quantitative estimate of drug-likeness (QED) is 0.329. The average Bonchev–Trinajstić information content (AvgIpc) is 3.30. The van der Waals surface area contributed by atoms with Crippen molar-refractivity contribution in [2.45, 2.75) is 69.9 Å². The summed E-state index contributed by atoms with van der Waals surface area (Å²) in [5.74, 6) is -0.164. The van der Waals surface area contributed by atoms with Crippen LogP contribution in [0.3, 0.4) is 0 Å². The van der Waals surface area contributed by atoms with Crippen LogP contribution in [-0.2, 0) is 21.4 Å². The Labute approximate surface area is 250 Å². The molecule has 2 aliphatic rings. The van der Waals surface area contributed by atoms with E-state index in [1.54, 1.807) is 0 Å². The molecule has 220 valence electrons. The fourth-order valence-corrected chi connectivity index (χ4v) is 8.21. The van der Waals surface area contributed by atoms with E-state index in [2.05, 4.69) is 20.1 Å². The molecule has 6 rings (SSSR count). The van der Waals surface area contributed by atoms with E-state index in [1.165, 1.54) is 16.6 Å². The van der Waals surface area contributed by atoms with Crippen molar-refractivity contribution < 1.29 is 18.3 Å². The van der Waals surface area contributed by atoms with Crippen molar-refractivity contribution in [1.82, 2.24) is 23.9 Å². The third-order valence-corrected chi connectivity index (χ3v) is 10.7. The monoisotopic (exact) mass is 608 g/mol. The number of rotatable bonds is 6. The van der Waals surface area contributed by atoms with Gasteiger partial charge in [-0.15, -0.1) is 10.2 Å². The Morgan fingerprint density at radius 1 is 1.14 bits per heavy atom. The van der Waals surface area contributed by atoms with Gasteiger partial charge in [0.25, 0.3) is 0 Å². The van der Waals surface area contributed by atoms with Crippen LogP contribution in [-0.4, -0.2) is 62.5 Å². The van der Waals surface area contributed by atoms with Gasteiger partial charge in [0.05, 0.1) is 11.4 Å². The number of aromatic nitrogens is 4. The molecule has 2 aliphatic heterocycles. The van der Waals surface area contributed by atoms with Crippen LogP contribution >= 0.6 is 11.6 Å². The van der Waals surface area contributed by atoms with E-state index in [9.17, 15) is 18.3 Å². The molecule has 4 aromatic rings. The van der Waals surface area contributed by atoms with Crippen LogP contribution in [0.25, 0.3) is 5.65 Å². The van der Waals surface area contributed by atoms with Gasteiger partial charge in [-0.1, -0.05) is 29.8 Å². The number of piperidine rings is 1. The van der Waals surface area contributed by atoms with Gasteiger partial charge in [0.2, 0.25) is 10.0 Å². The van der Waals surface area contributed by atoms with E-state index in [0.29, 0.717) is 18.0 Å². The summed E-state index contributed by atoms with van der Waals surface area (Å²) in [4.78, 5) is 18.8. The highest BCUT2D eigenvalue weighted by Gasteiger charge is 2.39. The molecule has 1 fully saturated rings. The first-order valence-corrected chi connectivity index (χ1v) is 15.9. The summed E-state index contributed by atoms with van der Waals surface area (Å²) < 4.78 is 31.6. The highest BCUT2D eigenvalue weighted by molar-refractivity contribution is 7.89. The number of aliphatic carboxylic acids is 1. The van der Waals surface area contributed by atoms with Gasteiger partial charge in [0, 0.05) is 44.0 Å². The van der Waals surface area contributed by atoms with Crippen LogP contribution in [0, 0.1) is 20.8 Å². The molecule has 12 heteroatoms. The van der Waals surface area contributed by atoms with Gasteiger partial charge >= 0.3 is 5.97 Å². The van der Waals surface area contributed by atoms with Crippen LogP contribution in [0.4, 0.5) is 5.82 Å². The molecule has 5 heterocycles. The molecule has 0 bridgehead atoms. The largest absolute Gasteiger partial charge is 0.481 e. The van der Waals surface area contributed by atoms with Crippen molar-refractivity contribution in [1.29, 1.82) is 0 Å². The number of fused-ring (bicyclic) bond motifs is 4. The zero-order valence-electron chi connectivity index (χ0n) is 23.8. The molecule has 42 heavy (non-hydrogen) atoms. The Balaban J connectivity index is 1.41. The maximum Gasteiger partial charge on any atom is 0.304 e. The number of carbonyl (C=O) groups is 1. The van der Waals surface area contributed by atoms with Crippen molar-refractivity contribution in [2.75, 3.05) is 18.0 Å². The van der Waals surface area contributed by atoms with Crippen LogP contribution in [0.1, 0.15) is 65.2 Å². The second kappa shape index (κ2) is 10.9. The topological polar surface area (TPSA) is 121 Å². The minimum atomic E-state index is -3.92. The molecule has 0 aliphatic carbocycles. The van der Waals surface area contributed by atoms with E-state index < -0.39 is 21.9 Å². The Hall–Kier alpha value is -3.54. The lowest BCUT2D eigenvalue weighted by molar-refractivity contribution is -0.137. The predicted molar refractivity (Wildman–Crippen MR) is 160 cm³/mol. The third-order valence-electron chi connectivity index (χ3n) is 8.65. The Morgan fingerprint density at radius 3 is 2.74 bits per heavy atom. The van der Waals surface area contributed by atoms with E-state index >= 15 is 0 Å². The lowest BCUT2D eigenvalue weighted by Gasteiger charge is -2.36. The maximum atomic E-state index is 14.1. The molecule has 1 aromatic carbocycles. The molecule has 10 nitrogen and oxygen atoms in total. The molecule has 1 N–H and O–H groups in total. The predicted octanol–water partition coefficient (Wildman–Crippen LogP) is 4.87. The lowest BCUT2D eigenvalue weighted by atomic mass is 9.85. The summed E-state index contributed by atoms with van der Waals surface area (Å²) >= 11 is 6.25. The van der Waals surface area contributed by atoms with E-state index in [1.807, 2.05) is 55.6 Å². The number of pyridine rings is 2. The fraction of sp³-hybridized carbons (Fsp3) is 0.400. The number of aryl methyl sites for hydroxylation is 3. The number of halogens is 1. The van der Waals surface area contributed by atoms with Crippen molar-refractivity contribution >= 4 is 39.1 Å². The summed E-state index contributed by atoms with van der Waals surface area (Å²) in [7, 11) is -3.92. The van der Waals surface area contributed by atoms with Crippen LogP contribution in [0.15, 0.2) is 47.6 Å². The minimum Gasteiger partial charge on any atom is -0.481 e. The van der Waals surface area contributed by atoms with Gasteiger partial charge < -0.3 is 10.0 Å². The fourth-order valence-electron chi connectivity index (χ4n) is 6.35. The third kappa shape index (κ3) is 5.03. The SMILES string of the molecule is Cc1ccc([C@H](CC(=O)O)c2ccn3c(C)nnc3c2C)cc1CN1CC2CCCCN2c2ncc(Cl)cc2S1(=O)=O. The molecule has 0 saturated carbocycles. The molecule has 1 saturated heterocycles. The molecule has 1 unspecified atom stereocenters. The Morgan fingerprint density at radius 2 is 1.95 bits per heavy atom. The Kier molecular flexibility index (Phi) is 7.44. The number of hydrogen-bond donors (Lipinski definition) is 1. The summed E-state index contributed by atoms with van der Waals surface area (Å²) in [5.41, 5.74) is 4.95. The van der Waals surface area contributed by atoms with Gasteiger partial charge in [-0.25, -0.2) is 13.4 Å².